The maximum atomic E-state index is 6.15. The quantitative estimate of drug-likeness (QED) is 0.833. The predicted molar refractivity (Wildman–Crippen MR) is 92.1 cm³/mol. The molecule has 1 fully saturated rings. The van der Waals surface area contributed by atoms with Crippen LogP contribution in [0.1, 0.15) is 51.1 Å². The second-order valence-corrected chi connectivity index (χ2v) is 6.98. The van der Waals surface area contributed by atoms with E-state index in [1.807, 2.05) is 18.2 Å². The van der Waals surface area contributed by atoms with Crippen LogP contribution in [0.4, 0.5) is 0 Å². The molecular weight excluding hydrogens is 303 g/mol. The molecule has 2 nitrogen and oxygen atoms in total. The first-order chi connectivity index (χ1) is 10.0. The Kier molecular flexibility index (Phi) is 5.96. The van der Waals surface area contributed by atoms with Crippen molar-refractivity contribution in [3.63, 3.8) is 0 Å². The van der Waals surface area contributed by atoms with Gasteiger partial charge < -0.3 is 5.73 Å². The molecule has 1 aromatic rings. The van der Waals surface area contributed by atoms with Crippen molar-refractivity contribution < 1.29 is 0 Å². The molecule has 0 saturated carbocycles. The van der Waals surface area contributed by atoms with E-state index in [0.29, 0.717) is 22.0 Å². The first kappa shape index (κ1) is 17.1. The number of nitrogens with zero attached hydrogens (tertiary/aromatic N) is 1. The fourth-order valence-electron chi connectivity index (χ4n) is 3.48. The maximum absolute atomic E-state index is 6.15. The van der Waals surface area contributed by atoms with Crippen molar-refractivity contribution in [1.29, 1.82) is 0 Å². The van der Waals surface area contributed by atoms with E-state index in [1.165, 1.54) is 31.2 Å². The number of benzene rings is 1. The van der Waals surface area contributed by atoms with E-state index in [-0.39, 0.29) is 6.04 Å². The van der Waals surface area contributed by atoms with E-state index < -0.39 is 0 Å². The van der Waals surface area contributed by atoms with E-state index in [1.54, 1.807) is 0 Å². The molecule has 1 heterocycles. The molecule has 0 spiro atoms. The molecule has 0 amide bonds. The van der Waals surface area contributed by atoms with Gasteiger partial charge in [0.15, 0.2) is 0 Å². The molecule has 1 aliphatic heterocycles. The summed E-state index contributed by atoms with van der Waals surface area (Å²) in [5, 5.41) is 1.21. The van der Waals surface area contributed by atoms with Gasteiger partial charge in [-0.25, -0.2) is 0 Å². The first-order valence-electron chi connectivity index (χ1n) is 7.94. The van der Waals surface area contributed by atoms with Gasteiger partial charge in [0.25, 0.3) is 0 Å². The molecule has 118 valence electrons. The minimum Gasteiger partial charge on any atom is -0.329 e. The largest absolute Gasteiger partial charge is 0.329 e. The fourth-order valence-corrected chi connectivity index (χ4v) is 3.79. The molecule has 2 N–H and O–H groups in total. The molecule has 1 aliphatic rings. The van der Waals surface area contributed by atoms with Gasteiger partial charge in [-0.15, -0.1) is 0 Å². The van der Waals surface area contributed by atoms with Crippen LogP contribution in [0.15, 0.2) is 18.2 Å². The summed E-state index contributed by atoms with van der Waals surface area (Å²) in [6.45, 7) is 7.48. The molecule has 4 heteroatoms. The lowest BCUT2D eigenvalue weighted by atomic mass is 9.74. The van der Waals surface area contributed by atoms with Gasteiger partial charge in [-0.1, -0.05) is 56.0 Å². The second-order valence-electron chi connectivity index (χ2n) is 6.17. The van der Waals surface area contributed by atoms with Gasteiger partial charge in [-0.2, -0.15) is 0 Å². The third-order valence-corrected chi connectivity index (χ3v) is 6.09. The molecule has 1 saturated heterocycles. The van der Waals surface area contributed by atoms with Crippen molar-refractivity contribution in [2.75, 3.05) is 19.6 Å². The standard InChI is InChI=1S/C17H26Cl2N2/c1-3-17(4-2)7-9-21(10-8-17)16(12-20)13-5-6-14(18)15(19)11-13/h5-6,11,16H,3-4,7-10,12,20H2,1-2H3. The summed E-state index contributed by atoms with van der Waals surface area (Å²) in [6, 6.07) is 6.12. The summed E-state index contributed by atoms with van der Waals surface area (Å²) >= 11 is 12.2. The van der Waals surface area contributed by atoms with Crippen LogP contribution in [0.5, 0.6) is 0 Å². The highest BCUT2D eigenvalue weighted by Gasteiger charge is 2.33. The van der Waals surface area contributed by atoms with Gasteiger partial charge in [0.05, 0.1) is 10.0 Å². The Hall–Kier alpha value is -0.280. The predicted octanol–water partition coefficient (Wildman–Crippen LogP) is 4.90. The Labute approximate surface area is 138 Å². The molecule has 0 aliphatic carbocycles. The number of rotatable bonds is 5. The lowest BCUT2D eigenvalue weighted by molar-refractivity contribution is 0.0680. The van der Waals surface area contributed by atoms with Gasteiger partial charge in [-0.3, -0.25) is 4.90 Å². The Morgan fingerprint density at radius 3 is 2.24 bits per heavy atom. The first-order valence-corrected chi connectivity index (χ1v) is 8.70. The highest BCUT2D eigenvalue weighted by Crippen LogP contribution is 2.40. The number of hydrogen-bond acceptors (Lipinski definition) is 2. The summed E-state index contributed by atoms with van der Waals surface area (Å²) in [5.74, 6) is 0. The molecule has 0 radical (unpaired) electrons. The molecule has 1 unspecified atom stereocenters. The molecule has 0 bridgehead atoms. The van der Waals surface area contributed by atoms with Gasteiger partial charge >= 0.3 is 0 Å². The Morgan fingerprint density at radius 1 is 1.14 bits per heavy atom. The number of likely N-dealkylation sites (tertiary alicyclic amines) is 1. The zero-order chi connectivity index (χ0) is 15.5. The van der Waals surface area contributed by atoms with E-state index in [2.05, 4.69) is 18.7 Å². The average Bonchev–Trinajstić information content (AvgIpc) is 2.52. The summed E-state index contributed by atoms with van der Waals surface area (Å²) in [7, 11) is 0. The van der Waals surface area contributed by atoms with Crippen LogP contribution < -0.4 is 5.73 Å². The molecular formula is C17H26Cl2N2. The normalized spacial score (nSPS) is 20.4. The Balaban J connectivity index is 2.11. The number of nitrogens with two attached hydrogens (primary N) is 1. The smallest absolute Gasteiger partial charge is 0.0595 e. The minimum atomic E-state index is 0.242. The molecule has 1 aromatic carbocycles. The van der Waals surface area contributed by atoms with Crippen LogP contribution >= 0.6 is 23.2 Å². The van der Waals surface area contributed by atoms with E-state index in [9.17, 15) is 0 Å². The highest BCUT2D eigenvalue weighted by molar-refractivity contribution is 6.42. The second kappa shape index (κ2) is 7.32. The Bertz CT molecular complexity index is 462. The van der Waals surface area contributed by atoms with Crippen LogP contribution in [0, 0.1) is 5.41 Å². The maximum Gasteiger partial charge on any atom is 0.0595 e. The van der Waals surface area contributed by atoms with Crippen molar-refractivity contribution in [2.45, 2.75) is 45.6 Å². The topological polar surface area (TPSA) is 29.3 Å². The lowest BCUT2D eigenvalue weighted by Gasteiger charge is -2.44. The SMILES string of the molecule is CCC1(CC)CCN(C(CN)c2ccc(Cl)c(Cl)c2)CC1. The number of halogens is 2. The summed E-state index contributed by atoms with van der Waals surface area (Å²) in [4.78, 5) is 2.50. The lowest BCUT2D eigenvalue weighted by Crippen LogP contribution is -2.43. The third kappa shape index (κ3) is 3.73. The van der Waals surface area contributed by atoms with Crippen molar-refractivity contribution in [1.82, 2.24) is 4.90 Å². The summed E-state index contributed by atoms with van der Waals surface area (Å²) in [6.07, 6.45) is 5.07. The van der Waals surface area contributed by atoms with E-state index in [0.717, 1.165) is 13.1 Å². The monoisotopic (exact) mass is 328 g/mol. The van der Waals surface area contributed by atoms with Gasteiger partial charge in [0.2, 0.25) is 0 Å². The number of hydrogen-bond donors (Lipinski definition) is 1. The zero-order valence-corrected chi connectivity index (χ0v) is 14.6. The van der Waals surface area contributed by atoms with Crippen LogP contribution in [0.3, 0.4) is 0 Å². The minimum absolute atomic E-state index is 0.242. The zero-order valence-electron chi connectivity index (χ0n) is 13.0. The number of piperidine rings is 1. The van der Waals surface area contributed by atoms with Crippen LogP contribution in [0.2, 0.25) is 10.0 Å². The summed E-state index contributed by atoms with van der Waals surface area (Å²) in [5.41, 5.74) is 7.75. The van der Waals surface area contributed by atoms with Gasteiger partial charge in [-0.05, 0) is 49.0 Å². The van der Waals surface area contributed by atoms with Crippen molar-refractivity contribution >= 4 is 23.2 Å². The molecule has 1 atom stereocenters. The fraction of sp³-hybridized carbons (Fsp3) is 0.647. The Morgan fingerprint density at radius 2 is 1.76 bits per heavy atom. The van der Waals surface area contributed by atoms with Crippen LogP contribution in [-0.4, -0.2) is 24.5 Å². The summed E-state index contributed by atoms with van der Waals surface area (Å²) < 4.78 is 0. The van der Waals surface area contributed by atoms with Gasteiger partial charge in [0, 0.05) is 12.6 Å². The van der Waals surface area contributed by atoms with Crippen molar-refractivity contribution in [3.05, 3.63) is 33.8 Å². The van der Waals surface area contributed by atoms with Crippen LogP contribution in [-0.2, 0) is 0 Å². The molecule has 0 aromatic heterocycles. The average molecular weight is 329 g/mol. The van der Waals surface area contributed by atoms with Crippen LogP contribution in [0.25, 0.3) is 0 Å². The third-order valence-electron chi connectivity index (χ3n) is 5.35. The van der Waals surface area contributed by atoms with Gasteiger partial charge in [0.1, 0.15) is 0 Å². The van der Waals surface area contributed by atoms with E-state index >= 15 is 0 Å². The molecule has 2 rings (SSSR count). The highest BCUT2D eigenvalue weighted by atomic mass is 35.5. The van der Waals surface area contributed by atoms with Crippen molar-refractivity contribution in [2.24, 2.45) is 11.1 Å². The van der Waals surface area contributed by atoms with E-state index in [4.69, 9.17) is 28.9 Å². The molecule has 21 heavy (non-hydrogen) atoms. The van der Waals surface area contributed by atoms with Crippen molar-refractivity contribution in [3.8, 4) is 0 Å².